The normalized spacial score (nSPS) is 20.0. The van der Waals surface area contributed by atoms with E-state index >= 15 is 0 Å². The highest BCUT2D eigenvalue weighted by Gasteiger charge is 2.34. The largest absolute Gasteiger partial charge is 0.393 e. The average molecular weight is 384 g/mol. The lowest BCUT2D eigenvalue weighted by Gasteiger charge is -2.28. The zero-order chi connectivity index (χ0) is 20.6. The van der Waals surface area contributed by atoms with Gasteiger partial charge in [-0.05, 0) is 38.6 Å². The van der Waals surface area contributed by atoms with Crippen LogP contribution in [0, 0.1) is 17.8 Å². The molecule has 1 fully saturated rings. The highest BCUT2D eigenvalue weighted by Crippen LogP contribution is 2.27. The molecule has 0 heterocycles. The van der Waals surface area contributed by atoms with Gasteiger partial charge in [-0.15, -0.1) is 0 Å². The number of rotatable bonds is 11. The van der Waals surface area contributed by atoms with E-state index < -0.39 is 30.0 Å². The number of carbonyl (C=O) groups is 3. The number of ketones is 2. The molecule has 1 aliphatic rings. The van der Waals surface area contributed by atoms with Crippen molar-refractivity contribution in [1.82, 2.24) is 5.32 Å². The molecule has 0 aromatic heterocycles. The number of hydrogen-bond acceptors (Lipinski definition) is 6. The third kappa shape index (κ3) is 7.31. The van der Waals surface area contributed by atoms with Crippen molar-refractivity contribution in [3.8, 4) is 0 Å². The Hall–Kier alpha value is -1.31. The predicted molar refractivity (Wildman–Crippen MR) is 105 cm³/mol. The summed E-state index contributed by atoms with van der Waals surface area (Å²) in [5, 5.41) is 12.7. The second kappa shape index (κ2) is 11.5. The SMILES string of the molecule is CC(C)C(=O)[C@H](CCN)NC(=O)[C@@H](CC(=O)[C@H](N)C1CCCCC1)C(C)O. The van der Waals surface area contributed by atoms with Crippen molar-refractivity contribution in [1.29, 1.82) is 0 Å². The summed E-state index contributed by atoms with van der Waals surface area (Å²) in [5.41, 5.74) is 11.7. The number of aliphatic hydroxyl groups excluding tert-OH is 1. The zero-order valence-corrected chi connectivity index (χ0v) is 16.9. The molecule has 6 N–H and O–H groups in total. The summed E-state index contributed by atoms with van der Waals surface area (Å²) in [6.07, 6.45) is 4.37. The fourth-order valence-electron chi connectivity index (χ4n) is 3.72. The number of aliphatic hydroxyl groups is 1. The van der Waals surface area contributed by atoms with E-state index in [4.69, 9.17) is 11.5 Å². The van der Waals surface area contributed by atoms with E-state index in [-0.39, 0.29) is 36.4 Å². The Kier molecular flexibility index (Phi) is 10.1. The molecular formula is C20H37N3O4. The van der Waals surface area contributed by atoms with Crippen molar-refractivity contribution in [3.63, 3.8) is 0 Å². The van der Waals surface area contributed by atoms with Crippen LogP contribution in [0.1, 0.15) is 65.7 Å². The van der Waals surface area contributed by atoms with Gasteiger partial charge in [0.1, 0.15) is 0 Å². The molecular weight excluding hydrogens is 346 g/mol. The molecule has 0 aliphatic heterocycles. The van der Waals surface area contributed by atoms with Gasteiger partial charge in [-0.2, -0.15) is 0 Å². The van der Waals surface area contributed by atoms with Gasteiger partial charge in [-0.1, -0.05) is 33.1 Å². The van der Waals surface area contributed by atoms with Gasteiger partial charge in [0.05, 0.1) is 24.1 Å². The van der Waals surface area contributed by atoms with Crippen molar-refractivity contribution in [2.45, 2.75) is 83.9 Å². The Balaban J connectivity index is 2.76. The molecule has 0 saturated heterocycles. The van der Waals surface area contributed by atoms with Crippen LogP contribution in [0.5, 0.6) is 0 Å². The highest BCUT2D eigenvalue weighted by molar-refractivity contribution is 5.93. The van der Waals surface area contributed by atoms with Gasteiger partial charge in [0.2, 0.25) is 5.91 Å². The van der Waals surface area contributed by atoms with Crippen LogP contribution in [-0.4, -0.2) is 47.3 Å². The fourth-order valence-corrected chi connectivity index (χ4v) is 3.72. The van der Waals surface area contributed by atoms with E-state index in [1.54, 1.807) is 13.8 Å². The molecule has 4 atom stereocenters. The summed E-state index contributed by atoms with van der Waals surface area (Å²) in [5.74, 6) is -1.82. The molecule has 1 rings (SSSR count). The second-order valence-corrected chi connectivity index (χ2v) is 8.14. The minimum Gasteiger partial charge on any atom is -0.393 e. The maximum absolute atomic E-state index is 12.7. The van der Waals surface area contributed by atoms with Gasteiger partial charge < -0.3 is 21.9 Å². The molecule has 7 nitrogen and oxygen atoms in total. The average Bonchev–Trinajstić information content (AvgIpc) is 2.64. The van der Waals surface area contributed by atoms with Gasteiger partial charge in [0, 0.05) is 12.3 Å². The minimum absolute atomic E-state index is 0.108. The van der Waals surface area contributed by atoms with Crippen molar-refractivity contribution < 1.29 is 19.5 Å². The quantitative estimate of drug-likeness (QED) is 0.419. The number of amides is 1. The molecule has 7 heteroatoms. The molecule has 0 aromatic carbocycles. The lowest BCUT2D eigenvalue weighted by atomic mass is 9.80. The summed E-state index contributed by atoms with van der Waals surface area (Å²) >= 11 is 0. The lowest BCUT2D eigenvalue weighted by molar-refractivity contribution is -0.136. The molecule has 0 bridgehead atoms. The summed E-state index contributed by atoms with van der Waals surface area (Å²) in [6.45, 7) is 5.26. The van der Waals surface area contributed by atoms with Crippen molar-refractivity contribution in [3.05, 3.63) is 0 Å². The maximum Gasteiger partial charge on any atom is 0.226 e. The van der Waals surface area contributed by atoms with Crippen LogP contribution >= 0.6 is 0 Å². The summed E-state index contributed by atoms with van der Waals surface area (Å²) in [4.78, 5) is 37.6. The number of Topliss-reactive ketones (excluding diaryl/α,β-unsaturated/α-hetero) is 2. The first-order chi connectivity index (χ1) is 12.7. The third-order valence-corrected chi connectivity index (χ3v) is 5.55. The smallest absolute Gasteiger partial charge is 0.226 e. The Labute approximate surface area is 162 Å². The number of carbonyl (C=O) groups excluding carboxylic acids is 3. The molecule has 1 saturated carbocycles. The highest BCUT2D eigenvalue weighted by atomic mass is 16.3. The Morgan fingerprint density at radius 2 is 1.70 bits per heavy atom. The predicted octanol–water partition coefficient (Wildman–Crippen LogP) is 0.909. The van der Waals surface area contributed by atoms with E-state index in [0.717, 1.165) is 25.7 Å². The lowest BCUT2D eigenvalue weighted by Crippen LogP contribution is -2.49. The van der Waals surface area contributed by atoms with Crippen molar-refractivity contribution >= 4 is 17.5 Å². The molecule has 156 valence electrons. The maximum atomic E-state index is 12.7. The molecule has 1 aliphatic carbocycles. The summed E-state index contributed by atoms with van der Waals surface area (Å²) < 4.78 is 0. The van der Waals surface area contributed by atoms with E-state index in [2.05, 4.69) is 5.32 Å². The Bertz CT molecular complexity index is 501. The summed E-state index contributed by atoms with van der Waals surface area (Å²) in [6, 6.07) is -1.30. The fraction of sp³-hybridized carbons (Fsp3) is 0.850. The van der Waals surface area contributed by atoms with Gasteiger partial charge >= 0.3 is 0 Å². The van der Waals surface area contributed by atoms with Crippen LogP contribution in [0.25, 0.3) is 0 Å². The Morgan fingerprint density at radius 1 is 1.11 bits per heavy atom. The number of nitrogens with one attached hydrogen (secondary N) is 1. The van der Waals surface area contributed by atoms with E-state index in [1.165, 1.54) is 13.3 Å². The first-order valence-corrected chi connectivity index (χ1v) is 10.2. The minimum atomic E-state index is -1.01. The van der Waals surface area contributed by atoms with Gasteiger partial charge in [-0.25, -0.2) is 0 Å². The second-order valence-electron chi connectivity index (χ2n) is 8.14. The standard InChI is InChI=1S/C20H37N3O4/c1-12(2)19(26)16(9-10-21)23-20(27)15(13(3)24)11-17(25)18(22)14-7-5-4-6-8-14/h12-16,18,24H,4-11,21-22H2,1-3H3,(H,23,27)/t13?,15-,16-,18+/m0/s1. The monoisotopic (exact) mass is 383 g/mol. The van der Waals surface area contributed by atoms with Crippen LogP contribution in [0.2, 0.25) is 0 Å². The molecule has 27 heavy (non-hydrogen) atoms. The Morgan fingerprint density at radius 3 is 2.19 bits per heavy atom. The molecule has 1 amide bonds. The first-order valence-electron chi connectivity index (χ1n) is 10.2. The third-order valence-electron chi connectivity index (χ3n) is 5.55. The summed E-state index contributed by atoms with van der Waals surface area (Å²) in [7, 11) is 0. The van der Waals surface area contributed by atoms with Crippen LogP contribution in [0.4, 0.5) is 0 Å². The van der Waals surface area contributed by atoms with Crippen LogP contribution in [0.15, 0.2) is 0 Å². The van der Waals surface area contributed by atoms with Crippen LogP contribution < -0.4 is 16.8 Å². The van der Waals surface area contributed by atoms with Crippen molar-refractivity contribution in [2.24, 2.45) is 29.2 Å². The number of nitrogens with two attached hydrogens (primary N) is 2. The molecule has 0 aromatic rings. The molecule has 0 radical (unpaired) electrons. The number of hydrogen-bond donors (Lipinski definition) is 4. The van der Waals surface area contributed by atoms with Crippen LogP contribution in [-0.2, 0) is 14.4 Å². The van der Waals surface area contributed by atoms with Gasteiger partial charge in [0.25, 0.3) is 0 Å². The van der Waals surface area contributed by atoms with Gasteiger partial charge in [0.15, 0.2) is 11.6 Å². The topological polar surface area (TPSA) is 136 Å². The van der Waals surface area contributed by atoms with Crippen molar-refractivity contribution in [2.75, 3.05) is 6.54 Å². The van der Waals surface area contributed by atoms with E-state index in [9.17, 15) is 19.5 Å². The van der Waals surface area contributed by atoms with Gasteiger partial charge in [-0.3, -0.25) is 14.4 Å². The van der Waals surface area contributed by atoms with E-state index in [1.807, 2.05) is 0 Å². The van der Waals surface area contributed by atoms with E-state index in [0.29, 0.717) is 6.42 Å². The molecule has 0 spiro atoms. The first kappa shape index (κ1) is 23.7. The molecule has 1 unspecified atom stereocenters. The van der Waals surface area contributed by atoms with Crippen LogP contribution in [0.3, 0.4) is 0 Å². The zero-order valence-electron chi connectivity index (χ0n) is 16.9.